The van der Waals surface area contributed by atoms with Gasteiger partial charge in [0.1, 0.15) is 5.75 Å². The number of amides is 1. The zero-order valence-electron chi connectivity index (χ0n) is 22.6. The highest BCUT2D eigenvalue weighted by Gasteiger charge is 2.11. The van der Waals surface area contributed by atoms with Crippen LogP contribution in [0, 0.1) is 0 Å². The summed E-state index contributed by atoms with van der Waals surface area (Å²) in [5.74, 6) is -1.86. The fourth-order valence-corrected chi connectivity index (χ4v) is 3.62. The summed E-state index contributed by atoms with van der Waals surface area (Å²) >= 11 is 0. The predicted octanol–water partition coefficient (Wildman–Crippen LogP) is 4.63. The van der Waals surface area contributed by atoms with Crippen LogP contribution >= 0.6 is 0 Å². The largest absolute Gasteiger partial charge is 0.496 e. The molecule has 0 atom stereocenters. The number of carbonyl (C=O) groups is 3. The molecule has 0 spiro atoms. The number of anilines is 1. The van der Waals surface area contributed by atoms with E-state index in [9.17, 15) is 14.4 Å². The molecule has 0 aliphatic rings. The summed E-state index contributed by atoms with van der Waals surface area (Å²) < 4.78 is 5.47. The van der Waals surface area contributed by atoms with Gasteiger partial charge in [-0.25, -0.2) is 9.59 Å². The molecule has 0 saturated carbocycles. The number of benzene rings is 3. The Morgan fingerprint density at radius 2 is 1.48 bits per heavy atom. The van der Waals surface area contributed by atoms with E-state index >= 15 is 0 Å². The Bertz CT molecular complexity index is 1320. The number of hydrogen-bond acceptors (Lipinski definition) is 7. The Morgan fingerprint density at radius 3 is 1.98 bits per heavy atom. The lowest BCUT2D eigenvalue weighted by Gasteiger charge is -2.13. The van der Waals surface area contributed by atoms with E-state index in [2.05, 4.69) is 15.4 Å². The van der Waals surface area contributed by atoms with Gasteiger partial charge in [0.2, 0.25) is 0 Å². The van der Waals surface area contributed by atoms with Gasteiger partial charge in [0.05, 0.1) is 13.3 Å². The Morgan fingerprint density at radius 1 is 0.900 bits per heavy atom. The quantitative estimate of drug-likeness (QED) is 0.118. The van der Waals surface area contributed by atoms with Crippen LogP contribution < -0.4 is 10.1 Å². The minimum atomic E-state index is -1.26. The molecular weight excluding hydrogens is 514 g/mol. The molecule has 0 saturated heterocycles. The van der Waals surface area contributed by atoms with Crippen LogP contribution in [0.2, 0.25) is 0 Å². The molecule has 0 aliphatic heterocycles. The van der Waals surface area contributed by atoms with Crippen LogP contribution in [-0.4, -0.2) is 72.1 Å². The van der Waals surface area contributed by atoms with Crippen LogP contribution in [0.4, 0.5) is 5.69 Å². The van der Waals surface area contributed by atoms with E-state index in [1.807, 2.05) is 74.8 Å². The van der Waals surface area contributed by atoms with Crippen molar-refractivity contribution in [3.05, 3.63) is 95.6 Å². The van der Waals surface area contributed by atoms with E-state index in [0.717, 1.165) is 53.1 Å². The van der Waals surface area contributed by atoms with Gasteiger partial charge in [0.25, 0.3) is 5.91 Å². The first-order valence-electron chi connectivity index (χ1n) is 12.3. The number of oxime groups is 1. The number of hydrogen-bond donors (Lipinski definition) is 4. The normalized spacial score (nSPS) is 10.8. The maximum absolute atomic E-state index is 12.8. The average Bonchev–Trinajstić information content (AvgIpc) is 2.93. The molecule has 10 heteroatoms. The van der Waals surface area contributed by atoms with Crippen LogP contribution in [0.5, 0.6) is 5.75 Å². The van der Waals surface area contributed by atoms with Gasteiger partial charge in [-0.05, 0) is 86.1 Å². The Labute approximate surface area is 232 Å². The van der Waals surface area contributed by atoms with E-state index in [1.54, 1.807) is 13.2 Å². The molecule has 0 fully saturated rings. The summed E-state index contributed by atoms with van der Waals surface area (Å²) in [4.78, 5) is 34.1. The van der Waals surface area contributed by atoms with E-state index in [4.69, 9.17) is 20.2 Å². The second-order valence-corrected chi connectivity index (χ2v) is 8.84. The van der Waals surface area contributed by atoms with Crippen molar-refractivity contribution in [2.75, 3.05) is 33.1 Å². The molecule has 210 valence electrons. The lowest BCUT2D eigenvalue weighted by atomic mass is 10.0. The molecule has 3 aromatic rings. The first-order valence-corrected chi connectivity index (χ1v) is 12.3. The van der Waals surface area contributed by atoms with Gasteiger partial charge in [-0.1, -0.05) is 41.6 Å². The third-order valence-electron chi connectivity index (χ3n) is 5.56. The highest BCUT2D eigenvalue weighted by Crippen LogP contribution is 2.24. The first-order chi connectivity index (χ1) is 19.1. The van der Waals surface area contributed by atoms with Gasteiger partial charge in [-0.15, -0.1) is 0 Å². The van der Waals surface area contributed by atoms with Crippen LogP contribution in [0.3, 0.4) is 0 Å². The SMILES string of the molecule is COc1ccc(C(=O)Nc2ccc(-c3ccc(C=NO)cc3)cc2)cc1CCCN(C)C.O=C(O)C=CC(=O)O. The lowest BCUT2D eigenvalue weighted by Crippen LogP contribution is -2.14. The number of carboxylic acid groups (broad SMARTS) is 2. The van der Waals surface area contributed by atoms with Crippen molar-refractivity contribution in [2.45, 2.75) is 12.8 Å². The van der Waals surface area contributed by atoms with Gasteiger partial charge >= 0.3 is 11.9 Å². The fraction of sp³-hybridized carbons (Fsp3) is 0.200. The molecular formula is C30H33N3O7. The number of nitrogens with zero attached hydrogens (tertiary/aromatic N) is 2. The zero-order valence-corrected chi connectivity index (χ0v) is 22.6. The van der Waals surface area contributed by atoms with Crippen LogP contribution in [0.15, 0.2) is 84.0 Å². The highest BCUT2D eigenvalue weighted by molar-refractivity contribution is 6.04. The Balaban J connectivity index is 0.000000611. The van der Waals surface area contributed by atoms with Gasteiger partial charge in [-0.3, -0.25) is 4.79 Å². The molecule has 0 aliphatic carbocycles. The number of ether oxygens (including phenoxy) is 1. The number of aliphatic carboxylic acids is 2. The third kappa shape index (κ3) is 10.8. The maximum atomic E-state index is 12.8. The van der Waals surface area contributed by atoms with E-state index < -0.39 is 11.9 Å². The maximum Gasteiger partial charge on any atom is 0.328 e. The number of methoxy groups -OCH3 is 1. The molecule has 3 aromatic carbocycles. The highest BCUT2D eigenvalue weighted by atomic mass is 16.5. The summed E-state index contributed by atoms with van der Waals surface area (Å²) in [7, 11) is 5.75. The van der Waals surface area contributed by atoms with Crippen LogP contribution in [-0.2, 0) is 16.0 Å². The van der Waals surface area contributed by atoms with E-state index in [1.165, 1.54) is 6.21 Å². The van der Waals surface area contributed by atoms with Gasteiger partial charge < -0.3 is 30.4 Å². The molecule has 0 aromatic heterocycles. The van der Waals surface area contributed by atoms with Gasteiger partial charge in [-0.2, -0.15) is 0 Å². The number of rotatable bonds is 11. The molecule has 0 heterocycles. The molecule has 3 rings (SSSR count). The summed E-state index contributed by atoms with van der Waals surface area (Å²) in [5.41, 5.74) is 5.26. The monoisotopic (exact) mass is 547 g/mol. The van der Waals surface area contributed by atoms with Gasteiger partial charge in [0, 0.05) is 23.4 Å². The number of nitrogens with one attached hydrogen (secondary N) is 1. The molecule has 0 unspecified atom stereocenters. The van der Waals surface area contributed by atoms with Crippen molar-refractivity contribution in [2.24, 2.45) is 5.16 Å². The molecule has 0 radical (unpaired) electrons. The topological polar surface area (TPSA) is 149 Å². The third-order valence-corrected chi connectivity index (χ3v) is 5.56. The molecule has 4 N–H and O–H groups in total. The standard InChI is InChI=1S/C26H29N3O3.C4H4O4/c1-29(2)16-4-5-22-17-23(12-15-25(22)32-3)26(30)28-24-13-10-21(11-14-24)20-8-6-19(7-9-20)18-27-31;5-3(6)1-2-4(7)8/h6-15,17-18,31H,4-5,16H2,1-3H3,(H,28,30);1-2H,(H,5,6)(H,7,8). The zero-order chi connectivity index (χ0) is 29.5. The van der Waals surface area contributed by atoms with Crippen molar-refractivity contribution in [1.82, 2.24) is 4.90 Å². The summed E-state index contributed by atoms with van der Waals surface area (Å²) in [6.07, 6.45) is 4.34. The first kappa shape index (κ1) is 31.3. The van der Waals surface area contributed by atoms with Crippen molar-refractivity contribution < 1.29 is 34.5 Å². The number of carboxylic acids is 2. The van der Waals surface area contributed by atoms with E-state index in [0.29, 0.717) is 17.7 Å². The number of aryl methyl sites for hydroxylation is 1. The minimum absolute atomic E-state index is 0.151. The smallest absolute Gasteiger partial charge is 0.328 e. The lowest BCUT2D eigenvalue weighted by molar-refractivity contribution is -0.134. The summed E-state index contributed by atoms with van der Waals surface area (Å²) in [6, 6.07) is 20.9. The molecule has 10 nitrogen and oxygen atoms in total. The minimum Gasteiger partial charge on any atom is -0.496 e. The Kier molecular flexibility index (Phi) is 12.6. The average molecular weight is 548 g/mol. The second-order valence-electron chi connectivity index (χ2n) is 8.84. The number of carbonyl (C=O) groups excluding carboxylic acids is 1. The van der Waals surface area contributed by atoms with Gasteiger partial charge in [0.15, 0.2) is 0 Å². The predicted molar refractivity (Wildman–Crippen MR) is 153 cm³/mol. The summed E-state index contributed by atoms with van der Waals surface area (Å²) in [6.45, 7) is 0.976. The van der Waals surface area contributed by atoms with Crippen molar-refractivity contribution >= 4 is 29.7 Å². The fourth-order valence-electron chi connectivity index (χ4n) is 3.62. The van der Waals surface area contributed by atoms with Crippen molar-refractivity contribution in [3.8, 4) is 16.9 Å². The molecule has 1 amide bonds. The summed E-state index contributed by atoms with van der Waals surface area (Å²) in [5, 5.41) is 30.2. The van der Waals surface area contributed by atoms with Crippen LogP contribution in [0.1, 0.15) is 27.9 Å². The Hall–Kier alpha value is -4.96. The molecule has 0 bridgehead atoms. The van der Waals surface area contributed by atoms with Crippen molar-refractivity contribution in [3.63, 3.8) is 0 Å². The van der Waals surface area contributed by atoms with E-state index in [-0.39, 0.29) is 5.91 Å². The van der Waals surface area contributed by atoms with Crippen molar-refractivity contribution in [1.29, 1.82) is 0 Å². The van der Waals surface area contributed by atoms with Crippen LogP contribution in [0.25, 0.3) is 11.1 Å². The second kappa shape index (κ2) is 16.1. The molecule has 40 heavy (non-hydrogen) atoms.